The van der Waals surface area contributed by atoms with Crippen LogP contribution < -0.4 is 10.6 Å². The van der Waals surface area contributed by atoms with Crippen molar-refractivity contribution in [1.82, 2.24) is 15.3 Å². The zero-order valence-electron chi connectivity index (χ0n) is 12.3. The molecule has 1 aromatic heterocycles. The van der Waals surface area contributed by atoms with E-state index in [2.05, 4.69) is 20.6 Å². The zero-order valence-corrected chi connectivity index (χ0v) is 13.1. The fraction of sp³-hybridized carbons (Fsp3) is 0.267. The highest BCUT2D eigenvalue weighted by Crippen LogP contribution is 2.14. The van der Waals surface area contributed by atoms with Crippen LogP contribution in [0.3, 0.4) is 0 Å². The van der Waals surface area contributed by atoms with Crippen LogP contribution in [0.25, 0.3) is 0 Å². The van der Waals surface area contributed by atoms with Crippen LogP contribution in [0, 0.1) is 0 Å². The van der Waals surface area contributed by atoms with Crippen LogP contribution in [-0.2, 0) is 9.84 Å². The molecule has 1 unspecified atom stereocenters. The summed E-state index contributed by atoms with van der Waals surface area (Å²) in [5.74, 6) is 0.214. The van der Waals surface area contributed by atoms with E-state index in [1.807, 2.05) is 30.3 Å². The fourth-order valence-corrected chi connectivity index (χ4v) is 4.02. The molecule has 2 heterocycles. The maximum absolute atomic E-state index is 12.1. The van der Waals surface area contributed by atoms with E-state index >= 15 is 0 Å². The number of rotatable bonds is 4. The van der Waals surface area contributed by atoms with Gasteiger partial charge in [0.05, 0.1) is 23.9 Å². The number of sulfone groups is 1. The minimum Gasteiger partial charge on any atom is -0.347 e. The lowest BCUT2D eigenvalue weighted by Gasteiger charge is -2.10. The Morgan fingerprint density at radius 3 is 2.52 bits per heavy atom. The number of nitrogens with one attached hydrogen (secondary N) is 2. The fourth-order valence-electron chi connectivity index (χ4n) is 2.35. The van der Waals surface area contributed by atoms with E-state index in [1.54, 1.807) is 0 Å². The van der Waals surface area contributed by atoms with Crippen molar-refractivity contribution < 1.29 is 13.2 Å². The molecule has 1 aliphatic heterocycles. The molecule has 1 fully saturated rings. The van der Waals surface area contributed by atoms with E-state index in [0.717, 1.165) is 5.69 Å². The predicted molar refractivity (Wildman–Crippen MR) is 86.3 cm³/mol. The maximum atomic E-state index is 12.1. The maximum Gasteiger partial charge on any atom is 0.271 e. The number of aromatic nitrogens is 2. The Morgan fingerprint density at radius 1 is 1.13 bits per heavy atom. The first-order valence-electron chi connectivity index (χ1n) is 7.17. The number of carbonyl (C=O) groups is 1. The van der Waals surface area contributed by atoms with Gasteiger partial charge in [-0.3, -0.25) is 4.79 Å². The molecule has 1 atom stereocenters. The Labute approximate surface area is 134 Å². The first kappa shape index (κ1) is 15.4. The van der Waals surface area contributed by atoms with Crippen molar-refractivity contribution in [3.63, 3.8) is 0 Å². The number of anilines is 2. The summed E-state index contributed by atoms with van der Waals surface area (Å²) in [6.45, 7) is 0. The summed E-state index contributed by atoms with van der Waals surface area (Å²) >= 11 is 0. The second-order valence-corrected chi connectivity index (χ2v) is 7.58. The van der Waals surface area contributed by atoms with Gasteiger partial charge in [0, 0.05) is 11.7 Å². The van der Waals surface area contributed by atoms with Gasteiger partial charge in [-0.05, 0) is 18.6 Å². The van der Waals surface area contributed by atoms with Gasteiger partial charge in [0.25, 0.3) is 5.91 Å². The zero-order chi connectivity index (χ0) is 16.3. The molecular formula is C15H16N4O3S. The number of hydrogen-bond acceptors (Lipinski definition) is 6. The van der Waals surface area contributed by atoms with Crippen molar-refractivity contribution in [3.05, 3.63) is 48.4 Å². The normalized spacial score (nSPS) is 19.2. The second kappa shape index (κ2) is 6.33. The highest BCUT2D eigenvalue weighted by molar-refractivity contribution is 7.91. The minimum atomic E-state index is -3.03. The number of benzene rings is 1. The van der Waals surface area contributed by atoms with E-state index in [4.69, 9.17) is 0 Å². The number of carbonyl (C=O) groups excluding carboxylic acids is 1. The highest BCUT2D eigenvalue weighted by atomic mass is 32.2. The summed E-state index contributed by atoms with van der Waals surface area (Å²) in [6.07, 6.45) is 3.27. The molecule has 1 aliphatic rings. The molecular weight excluding hydrogens is 316 g/mol. The van der Waals surface area contributed by atoms with Crippen LogP contribution in [0.5, 0.6) is 0 Å². The number of hydrogen-bond donors (Lipinski definition) is 2. The van der Waals surface area contributed by atoms with Gasteiger partial charge in [-0.25, -0.2) is 18.4 Å². The SMILES string of the molecule is O=C(NC1CCS(=O)(=O)C1)c1cnc(Nc2ccccc2)cn1. The Hall–Kier alpha value is -2.48. The summed E-state index contributed by atoms with van der Waals surface area (Å²) in [5, 5.41) is 5.75. The molecule has 0 radical (unpaired) electrons. The van der Waals surface area contributed by atoms with Gasteiger partial charge in [-0.15, -0.1) is 0 Å². The second-order valence-electron chi connectivity index (χ2n) is 5.35. The smallest absolute Gasteiger partial charge is 0.271 e. The topological polar surface area (TPSA) is 101 Å². The molecule has 120 valence electrons. The van der Waals surface area contributed by atoms with Crippen molar-refractivity contribution in [2.45, 2.75) is 12.5 Å². The van der Waals surface area contributed by atoms with Gasteiger partial charge < -0.3 is 10.6 Å². The Bertz CT molecular complexity index is 791. The molecule has 1 saturated heterocycles. The summed E-state index contributed by atoms with van der Waals surface area (Å²) in [7, 11) is -3.03. The highest BCUT2D eigenvalue weighted by Gasteiger charge is 2.29. The molecule has 2 N–H and O–H groups in total. The van der Waals surface area contributed by atoms with Crippen molar-refractivity contribution in [1.29, 1.82) is 0 Å². The van der Waals surface area contributed by atoms with Crippen LogP contribution in [0.4, 0.5) is 11.5 Å². The monoisotopic (exact) mass is 332 g/mol. The van der Waals surface area contributed by atoms with E-state index in [1.165, 1.54) is 12.4 Å². The first-order valence-corrected chi connectivity index (χ1v) is 8.99. The molecule has 3 rings (SSSR count). The summed E-state index contributed by atoms with van der Waals surface area (Å²) in [5.41, 5.74) is 1.03. The van der Waals surface area contributed by atoms with Crippen LogP contribution in [-0.4, -0.2) is 41.8 Å². The largest absolute Gasteiger partial charge is 0.347 e. The standard InChI is InChI=1S/C15H16N4O3S/c20-15(19-12-6-7-23(21,22)10-12)13-8-17-14(9-16-13)18-11-4-2-1-3-5-11/h1-5,8-9,12H,6-7,10H2,(H,17,18)(H,19,20). The molecule has 1 aromatic carbocycles. The van der Waals surface area contributed by atoms with E-state index in [0.29, 0.717) is 12.2 Å². The van der Waals surface area contributed by atoms with Crippen LogP contribution in [0.15, 0.2) is 42.7 Å². The Balaban J connectivity index is 1.62. The Morgan fingerprint density at radius 2 is 1.91 bits per heavy atom. The van der Waals surface area contributed by atoms with Gasteiger partial charge in [-0.2, -0.15) is 0 Å². The van der Waals surface area contributed by atoms with Gasteiger partial charge in [-0.1, -0.05) is 18.2 Å². The first-order chi connectivity index (χ1) is 11.0. The quantitative estimate of drug-likeness (QED) is 0.870. The lowest BCUT2D eigenvalue weighted by atomic mass is 10.2. The van der Waals surface area contributed by atoms with Crippen LogP contribution in [0.2, 0.25) is 0 Å². The van der Waals surface area contributed by atoms with Crippen LogP contribution in [0.1, 0.15) is 16.9 Å². The summed E-state index contributed by atoms with van der Waals surface area (Å²) in [4.78, 5) is 20.3. The number of nitrogens with zero attached hydrogens (tertiary/aromatic N) is 2. The molecule has 0 saturated carbocycles. The van der Waals surface area contributed by atoms with E-state index in [9.17, 15) is 13.2 Å². The van der Waals surface area contributed by atoms with Gasteiger partial charge in [0.1, 0.15) is 11.5 Å². The van der Waals surface area contributed by atoms with Crippen molar-refractivity contribution in [3.8, 4) is 0 Å². The van der Waals surface area contributed by atoms with Crippen LogP contribution >= 0.6 is 0 Å². The van der Waals surface area contributed by atoms with E-state index in [-0.39, 0.29) is 23.2 Å². The van der Waals surface area contributed by atoms with Gasteiger partial charge in [0.2, 0.25) is 0 Å². The average molecular weight is 332 g/mol. The average Bonchev–Trinajstić information content (AvgIpc) is 2.88. The minimum absolute atomic E-state index is 0.0141. The lowest BCUT2D eigenvalue weighted by molar-refractivity contribution is 0.0935. The summed E-state index contributed by atoms with van der Waals surface area (Å²) in [6, 6.07) is 9.14. The summed E-state index contributed by atoms with van der Waals surface area (Å²) < 4.78 is 22.8. The molecule has 0 spiro atoms. The lowest BCUT2D eigenvalue weighted by Crippen LogP contribution is -2.36. The van der Waals surface area contributed by atoms with Gasteiger partial charge in [0.15, 0.2) is 9.84 Å². The predicted octanol–water partition coefficient (Wildman–Crippen LogP) is 1.14. The number of amides is 1. The molecule has 0 aliphatic carbocycles. The van der Waals surface area contributed by atoms with Crippen molar-refractivity contribution in [2.24, 2.45) is 0 Å². The molecule has 8 heteroatoms. The Kier molecular flexibility index (Phi) is 4.24. The van der Waals surface area contributed by atoms with Crippen molar-refractivity contribution in [2.75, 3.05) is 16.8 Å². The van der Waals surface area contributed by atoms with E-state index < -0.39 is 15.7 Å². The van der Waals surface area contributed by atoms with Crippen molar-refractivity contribution >= 4 is 27.2 Å². The van der Waals surface area contributed by atoms with Gasteiger partial charge >= 0.3 is 0 Å². The third kappa shape index (κ3) is 4.04. The molecule has 1 amide bonds. The number of para-hydroxylation sites is 1. The molecule has 0 bridgehead atoms. The third-order valence-electron chi connectivity index (χ3n) is 3.50. The molecule has 2 aromatic rings. The molecule has 7 nitrogen and oxygen atoms in total. The molecule has 23 heavy (non-hydrogen) atoms. The third-order valence-corrected chi connectivity index (χ3v) is 5.27.